The van der Waals surface area contributed by atoms with E-state index in [9.17, 15) is 9.59 Å². The van der Waals surface area contributed by atoms with Gasteiger partial charge in [-0.05, 0) is 43.4 Å². The van der Waals surface area contributed by atoms with Gasteiger partial charge in [-0.3, -0.25) is 18.7 Å². The smallest absolute Gasteiger partial charge is 0.316 e. The highest BCUT2D eigenvalue weighted by molar-refractivity contribution is 7.99. The van der Waals surface area contributed by atoms with E-state index >= 15 is 0 Å². The van der Waals surface area contributed by atoms with Crippen LogP contribution in [-0.2, 0) is 9.53 Å². The molecule has 32 heavy (non-hydrogen) atoms. The number of hydrogen-bond acceptors (Lipinski definition) is 8. The van der Waals surface area contributed by atoms with Crippen molar-refractivity contribution in [3.63, 3.8) is 0 Å². The van der Waals surface area contributed by atoms with Gasteiger partial charge in [0.15, 0.2) is 14.8 Å². The molecule has 0 spiro atoms. The number of carbonyl (C=O) groups is 1. The van der Waals surface area contributed by atoms with Crippen molar-refractivity contribution in [2.75, 3.05) is 19.5 Å². The predicted molar refractivity (Wildman–Crippen MR) is 129 cm³/mol. The van der Waals surface area contributed by atoms with E-state index in [2.05, 4.69) is 0 Å². The molecule has 2 aromatic heterocycles. The van der Waals surface area contributed by atoms with Crippen LogP contribution in [0.3, 0.4) is 0 Å². The number of thioether (sulfide) groups is 1. The molecule has 0 unspecified atom stereocenters. The number of nitrogens with zero attached hydrogens (tertiary/aromatic N) is 3. The highest BCUT2D eigenvalue weighted by Gasteiger charge is 2.20. The van der Waals surface area contributed by atoms with Gasteiger partial charge in [0.1, 0.15) is 10.4 Å². The van der Waals surface area contributed by atoms with Crippen LogP contribution in [0.2, 0.25) is 0 Å². The van der Waals surface area contributed by atoms with Crippen molar-refractivity contribution in [2.24, 2.45) is 0 Å². The molecule has 2 heterocycles. The third-order valence-corrected chi connectivity index (χ3v) is 6.79. The standard InChI is InChI=1S/C22H19N3O4S3/c1-3-29-17(26)13-31-21-23-19-18(20(27)25(21)14-8-5-4-6-9-14)32-22(30)24(19)15-10-7-11-16(12-15)28-2/h4-12H,3,13H2,1-2H3. The summed E-state index contributed by atoms with van der Waals surface area (Å²) >= 11 is 7.94. The van der Waals surface area contributed by atoms with Crippen molar-refractivity contribution in [2.45, 2.75) is 12.1 Å². The number of fused-ring (bicyclic) bond motifs is 1. The number of para-hydroxylation sites is 1. The molecule has 0 atom stereocenters. The maximum absolute atomic E-state index is 13.6. The summed E-state index contributed by atoms with van der Waals surface area (Å²) < 4.78 is 14.6. The number of hydrogen-bond donors (Lipinski definition) is 0. The third kappa shape index (κ3) is 4.34. The van der Waals surface area contributed by atoms with Gasteiger partial charge in [0.2, 0.25) is 0 Å². The van der Waals surface area contributed by atoms with Crippen LogP contribution in [0.15, 0.2) is 64.5 Å². The first kappa shape index (κ1) is 22.3. The van der Waals surface area contributed by atoms with Gasteiger partial charge in [0.05, 0.1) is 30.8 Å². The van der Waals surface area contributed by atoms with E-state index in [0.717, 1.165) is 17.4 Å². The molecule has 10 heteroatoms. The van der Waals surface area contributed by atoms with Gasteiger partial charge in [0, 0.05) is 6.07 Å². The first-order valence-corrected chi connectivity index (χ1v) is 11.9. The molecule has 0 N–H and O–H groups in total. The minimum Gasteiger partial charge on any atom is -0.497 e. The van der Waals surface area contributed by atoms with Gasteiger partial charge < -0.3 is 9.47 Å². The summed E-state index contributed by atoms with van der Waals surface area (Å²) in [5.74, 6) is 0.322. The SMILES string of the molecule is CCOC(=O)CSc1nc2c(sc(=S)n2-c2cccc(OC)c2)c(=O)n1-c1ccccc1. The fourth-order valence-electron chi connectivity index (χ4n) is 3.14. The quantitative estimate of drug-likeness (QED) is 0.163. The molecular weight excluding hydrogens is 466 g/mol. The number of carbonyl (C=O) groups excluding carboxylic acids is 1. The number of thiazole rings is 1. The molecule has 164 valence electrons. The molecule has 0 aliphatic rings. The molecule has 7 nitrogen and oxygen atoms in total. The van der Waals surface area contributed by atoms with Gasteiger partial charge in [-0.2, -0.15) is 0 Å². The largest absolute Gasteiger partial charge is 0.497 e. The van der Waals surface area contributed by atoms with Crippen molar-refractivity contribution < 1.29 is 14.3 Å². The Morgan fingerprint density at radius 1 is 1.12 bits per heavy atom. The van der Waals surface area contributed by atoms with Crippen LogP contribution >= 0.6 is 35.3 Å². The van der Waals surface area contributed by atoms with Crippen molar-refractivity contribution in [1.29, 1.82) is 0 Å². The van der Waals surface area contributed by atoms with Crippen LogP contribution in [0.4, 0.5) is 0 Å². The molecule has 0 fully saturated rings. The van der Waals surface area contributed by atoms with Crippen LogP contribution < -0.4 is 10.3 Å². The van der Waals surface area contributed by atoms with Gasteiger partial charge in [-0.15, -0.1) is 0 Å². The number of rotatable bonds is 7. The lowest BCUT2D eigenvalue weighted by Gasteiger charge is -2.13. The molecule has 0 amide bonds. The Hall–Kier alpha value is -2.95. The summed E-state index contributed by atoms with van der Waals surface area (Å²) in [4.78, 5) is 30.3. The van der Waals surface area contributed by atoms with Crippen molar-refractivity contribution >= 4 is 51.6 Å². The van der Waals surface area contributed by atoms with E-state index in [1.807, 2.05) is 54.6 Å². The Labute approximate surface area is 197 Å². The van der Waals surface area contributed by atoms with E-state index in [4.69, 9.17) is 26.7 Å². The summed E-state index contributed by atoms with van der Waals surface area (Å²) in [7, 11) is 1.59. The zero-order chi connectivity index (χ0) is 22.7. The monoisotopic (exact) mass is 485 g/mol. The third-order valence-electron chi connectivity index (χ3n) is 4.53. The zero-order valence-electron chi connectivity index (χ0n) is 17.3. The minimum absolute atomic E-state index is 0.0304. The average Bonchev–Trinajstić information content (AvgIpc) is 3.14. The lowest BCUT2D eigenvalue weighted by molar-refractivity contribution is -0.139. The number of ether oxygens (including phenoxy) is 2. The second-order valence-electron chi connectivity index (χ2n) is 6.52. The summed E-state index contributed by atoms with van der Waals surface area (Å²) in [6.07, 6.45) is 0. The maximum atomic E-state index is 13.6. The molecule has 2 aromatic carbocycles. The van der Waals surface area contributed by atoms with Crippen LogP contribution in [0.1, 0.15) is 6.92 Å². The Kier molecular flexibility index (Phi) is 6.73. The fourth-order valence-corrected chi connectivity index (χ4v) is 5.25. The average molecular weight is 486 g/mol. The second-order valence-corrected chi connectivity index (χ2v) is 9.11. The lowest BCUT2D eigenvalue weighted by atomic mass is 10.3. The Balaban J connectivity index is 1.94. The van der Waals surface area contributed by atoms with Gasteiger partial charge in [-0.1, -0.05) is 47.4 Å². The summed E-state index contributed by atoms with van der Waals surface area (Å²) in [6.45, 7) is 2.04. The van der Waals surface area contributed by atoms with Crippen LogP contribution in [0.25, 0.3) is 21.7 Å². The van der Waals surface area contributed by atoms with E-state index in [1.165, 1.54) is 15.9 Å². The van der Waals surface area contributed by atoms with E-state index in [0.29, 0.717) is 30.9 Å². The van der Waals surface area contributed by atoms with Gasteiger partial charge >= 0.3 is 5.97 Å². The molecule has 0 saturated carbocycles. The summed E-state index contributed by atoms with van der Waals surface area (Å²) in [5, 5.41) is 0.381. The molecule has 4 aromatic rings. The minimum atomic E-state index is -0.374. The van der Waals surface area contributed by atoms with Gasteiger partial charge in [-0.25, -0.2) is 4.98 Å². The van der Waals surface area contributed by atoms with Crippen LogP contribution in [0.5, 0.6) is 5.75 Å². The number of aromatic nitrogens is 3. The molecule has 4 rings (SSSR count). The molecular formula is C22H19N3O4S3. The van der Waals surface area contributed by atoms with E-state index in [-0.39, 0.29) is 23.9 Å². The van der Waals surface area contributed by atoms with Gasteiger partial charge in [0.25, 0.3) is 5.56 Å². The van der Waals surface area contributed by atoms with Crippen LogP contribution in [0, 0.1) is 3.95 Å². The predicted octanol–water partition coefficient (Wildman–Crippen LogP) is 4.63. The highest BCUT2D eigenvalue weighted by atomic mass is 32.2. The fraction of sp³-hybridized carbons (Fsp3) is 0.182. The summed E-state index contributed by atoms with van der Waals surface area (Å²) in [6, 6.07) is 16.6. The van der Waals surface area contributed by atoms with Crippen LogP contribution in [-0.4, -0.2) is 39.6 Å². The van der Waals surface area contributed by atoms with Crippen molar-refractivity contribution in [1.82, 2.24) is 14.1 Å². The normalized spacial score (nSPS) is 10.9. The molecule has 0 saturated heterocycles. The first-order valence-electron chi connectivity index (χ1n) is 9.70. The van der Waals surface area contributed by atoms with Crippen molar-refractivity contribution in [3.8, 4) is 17.1 Å². The number of esters is 1. The molecule has 0 aliphatic carbocycles. The molecule has 0 bridgehead atoms. The topological polar surface area (TPSA) is 75.3 Å². The Bertz CT molecular complexity index is 1390. The zero-order valence-corrected chi connectivity index (χ0v) is 19.8. The Morgan fingerprint density at radius 3 is 2.59 bits per heavy atom. The second kappa shape index (κ2) is 9.68. The van der Waals surface area contributed by atoms with E-state index in [1.54, 1.807) is 18.6 Å². The lowest BCUT2D eigenvalue weighted by Crippen LogP contribution is -2.22. The van der Waals surface area contributed by atoms with E-state index < -0.39 is 0 Å². The number of benzene rings is 2. The van der Waals surface area contributed by atoms with Crippen molar-refractivity contribution in [3.05, 3.63) is 68.9 Å². The summed E-state index contributed by atoms with van der Waals surface area (Å²) in [5.41, 5.74) is 1.60. The first-order chi connectivity index (χ1) is 15.5. The number of methoxy groups -OCH3 is 1. The molecule has 0 radical (unpaired) electrons. The Morgan fingerprint density at radius 2 is 1.88 bits per heavy atom. The highest BCUT2D eigenvalue weighted by Crippen LogP contribution is 2.28. The maximum Gasteiger partial charge on any atom is 0.316 e. The molecule has 0 aliphatic heterocycles.